The molecular weight excluding hydrogens is 224 g/mol. The van der Waals surface area contributed by atoms with Crippen molar-refractivity contribution in [3.63, 3.8) is 0 Å². The van der Waals surface area contributed by atoms with Crippen LogP contribution < -0.4 is 11.1 Å². The molecule has 0 aliphatic carbocycles. The second-order valence-electron chi connectivity index (χ2n) is 5.72. The fraction of sp³-hybridized carbons (Fsp3) is 0.533. The number of aryl methyl sites for hydroxylation is 2. The molecule has 100 valence electrons. The zero-order valence-electron chi connectivity index (χ0n) is 12.1. The monoisotopic (exact) mass is 248 g/mol. The summed E-state index contributed by atoms with van der Waals surface area (Å²) in [7, 11) is 0. The highest BCUT2D eigenvalue weighted by molar-refractivity contribution is 5.96. The lowest BCUT2D eigenvalue weighted by molar-refractivity contribution is 0.0935. The molecule has 1 aromatic rings. The van der Waals surface area contributed by atoms with Crippen molar-refractivity contribution in [2.45, 2.75) is 41.0 Å². The van der Waals surface area contributed by atoms with Crippen molar-refractivity contribution < 1.29 is 4.79 Å². The molecule has 0 aliphatic rings. The van der Waals surface area contributed by atoms with Crippen LogP contribution in [0.25, 0.3) is 0 Å². The lowest BCUT2D eigenvalue weighted by Crippen LogP contribution is -2.34. The van der Waals surface area contributed by atoms with Crippen molar-refractivity contribution in [2.75, 3.05) is 12.3 Å². The Morgan fingerprint density at radius 3 is 2.44 bits per heavy atom. The summed E-state index contributed by atoms with van der Waals surface area (Å²) in [6.45, 7) is 11.0. The normalized spacial score (nSPS) is 11.4. The summed E-state index contributed by atoms with van der Waals surface area (Å²) >= 11 is 0. The topological polar surface area (TPSA) is 55.1 Å². The molecule has 0 fully saturated rings. The number of benzene rings is 1. The molecule has 1 amide bonds. The van der Waals surface area contributed by atoms with E-state index in [1.54, 1.807) is 6.07 Å². The van der Waals surface area contributed by atoms with E-state index >= 15 is 0 Å². The Bertz CT molecular complexity index is 450. The molecule has 3 N–H and O–H groups in total. The zero-order valence-corrected chi connectivity index (χ0v) is 12.1. The molecule has 1 rings (SSSR count). The molecule has 0 aromatic heterocycles. The average Bonchev–Trinajstić information content (AvgIpc) is 2.31. The second-order valence-corrected chi connectivity index (χ2v) is 5.72. The van der Waals surface area contributed by atoms with Crippen LogP contribution >= 0.6 is 0 Å². The maximum Gasteiger partial charge on any atom is 0.251 e. The molecule has 0 radical (unpaired) electrons. The summed E-state index contributed by atoms with van der Waals surface area (Å²) in [6, 6.07) is 3.72. The maximum atomic E-state index is 12.1. The number of nitrogen functional groups attached to an aromatic ring is 1. The molecule has 0 spiro atoms. The Kier molecular flexibility index (Phi) is 4.38. The summed E-state index contributed by atoms with van der Waals surface area (Å²) in [5.41, 5.74) is 9.30. The van der Waals surface area contributed by atoms with Gasteiger partial charge in [0.25, 0.3) is 5.91 Å². The Labute approximate surface area is 110 Å². The minimum Gasteiger partial charge on any atom is -0.398 e. The van der Waals surface area contributed by atoms with Gasteiger partial charge in [0.1, 0.15) is 0 Å². The third-order valence-corrected chi connectivity index (χ3v) is 3.54. The first-order valence-electron chi connectivity index (χ1n) is 6.42. The minimum absolute atomic E-state index is 0.0410. The van der Waals surface area contributed by atoms with Gasteiger partial charge in [-0.3, -0.25) is 4.79 Å². The first-order chi connectivity index (χ1) is 8.26. The van der Waals surface area contributed by atoms with Gasteiger partial charge >= 0.3 is 0 Å². The predicted molar refractivity (Wildman–Crippen MR) is 76.7 cm³/mol. The van der Waals surface area contributed by atoms with E-state index in [1.165, 1.54) is 0 Å². The highest BCUT2D eigenvalue weighted by Gasteiger charge is 2.17. The molecule has 0 aliphatic heterocycles. The largest absolute Gasteiger partial charge is 0.398 e. The fourth-order valence-electron chi connectivity index (χ4n) is 1.65. The van der Waals surface area contributed by atoms with E-state index in [2.05, 4.69) is 26.1 Å². The predicted octanol–water partition coefficient (Wildman–Crippen LogP) is 3.05. The number of amides is 1. The Balaban J connectivity index is 2.82. The van der Waals surface area contributed by atoms with E-state index in [-0.39, 0.29) is 11.3 Å². The number of carbonyl (C=O) groups excluding carboxylic acids is 1. The number of nitrogens with one attached hydrogen (secondary N) is 1. The summed E-state index contributed by atoms with van der Waals surface area (Å²) in [5.74, 6) is -0.0410. The van der Waals surface area contributed by atoms with E-state index in [1.807, 2.05) is 19.9 Å². The third kappa shape index (κ3) is 3.49. The molecule has 0 atom stereocenters. The van der Waals surface area contributed by atoms with Gasteiger partial charge < -0.3 is 11.1 Å². The molecular formula is C15H24N2O. The van der Waals surface area contributed by atoms with Gasteiger partial charge in [0.2, 0.25) is 0 Å². The van der Waals surface area contributed by atoms with Crippen LogP contribution in [0.4, 0.5) is 5.69 Å². The zero-order chi connectivity index (χ0) is 13.9. The van der Waals surface area contributed by atoms with Crippen LogP contribution in [0.5, 0.6) is 0 Å². The SMILES string of the molecule is CCC(C)(C)CNC(=O)c1cc(N)c(C)cc1C. The Morgan fingerprint density at radius 2 is 1.89 bits per heavy atom. The number of hydrogen-bond acceptors (Lipinski definition) is 2. The van der Waals surface area contributed by atoms with E-state index in [4.69, 9.17) is 5.73 Å². The lowest BCUT2D eigenvalue weighted by Gasteiger charge is -2.23. The summed E-state index contributed by atoms with van der Waals surface area (Å²) in [6.07, 6.45) is 1.03. The van der Waals surface area contributed by atoms with E-state index in [0.717, 1.165) is 17.5 Å². The number of carbonyl (C=O) groups is 1. The lowest BCUT2D eigenvalue weighted by atomic mass is 9.90. The number of nitrogens with two attached hydrogens (primary N) is 1. The second kappa shape index (κ2) is 5.42. The third-order valence-electron chi connectivity index (χ3n) is 3.54. The average molecular weight is 248 g/mol. The van der Waals surface area contributed by atoms with Crippen molar-refractivity contribution in [2.24, 2.45) is 5.41 Å². The van der Waals surface area contributed by atoms with Crippen molar-refractivity contribution in [1.29, 1.82) is 0 Å². The molecule has 1 aromatic carbocycles. The molecule has 0 saturated heterocycles. The van der Waals surface area contributed by atoms with E-state index in [9.17, 15) is 4.79 Å². The van der Waals surface area contributed by atoms with Crippen LogP contribution in [-0.4, -0.2) is 12.5 Å². The smallest absolute Gasteiger partial charge is 0.251 e. The fourth-order valence-corrected chi connectivity index (χ4v) is 1.65. The van der Waals surface area contributed by atoms with Gasteiger partial charge in [-0.2, -0.15) is 0 Å². The number of rotatable bonds is 4. The van der Waals surface area contributed by atoms with Gasteiger partial charge in [-0.15, -0.1) is 0 Å². The van der Waals surface area contributed by atoms with E-state index in [0.29, 0.717) is 17.8 Å². The van der Waals surface area contributed by atoms with Crippen molar-refractivity contribution in [3.05, 3.63) is 28.8 Å². The Morgan fingerprint density at radius 1 is 1.28 bits per heavy atom. The molecule has 0 unspecified atom stereocenters. The first kappa shape index (κ1) is 14.6. The summed E-state index contributed by atoms with van der Waals surface area (Å²) in [5, 5.41) is 2.98. The van der Waals surface area contributed by atoms with Crippen molar-refractivity contribution in [3.8, 4) is 0 Å². The highest BCUT2D eigenvalue weighted by atomic mass is 16.1. The molecule has 3 heteroatoms. The van der Waals surface area contributed by atoms with Crippen LogP contribution in [0.3, 0.4) is 0 Å². The molecule has 0 heterocycles. The molecule has 0 bridgehead atoms. The highest BCUT2D eigenvalue weighted by Crippen LogP contribution is 2.20. The van der Waals surface area contributed by atoms with Gasteiger partial charge in [-0.05, 0) is 42.9 Å². The van der Waals surface area contributed by atoms with Crippen LogP contribution in [0.15, 0.2) is 12.1 Å². The van der Waals surface area contributed by atoms with Gasteiger partial charge in [0.15, 0.2) is 0 Å². The van der Waals surface area contributed by atoms with Crippen LogP contribution in [0.1, 0.15) is 48.7 Å². The molecule has 0 saturated carbocycles. The van der Waals surface area contributed by atoms with Gasteiger partial charge in [0.05, 0.1) is 0 Å². The van der Waals surface area contributed by atoms with E-state index < -0.39 is 0 Å². The standard InChI is InChI=1S/C15H24N2O/c1-6-15(4,5)9-17-14(18)12-8-13(16)11(3)7-10(12)2/h7-8H,6,9,16H2,1-5H3,(H,17,18). The quantitative estimate of drug-likeness (QED) is 0.805. The van der Waals surface area contributed by atoms with Crippen molar-refractivity contribution in [1.82, 2.24) is 5.32 Å². The maximum absolute atomic E-state index is 12.1. The molecule has 18 heavy (non-hydrogen) atoms. The summed E-state index contributed by atoms with van der Waals surface area (Å²) in [4.78, 5) is 12.1. The number of hydrogen-bond donors (Lipinski definition) is 2. The van der Waals surface area contributed by atoms with Gasteiger partial charge in [-0.25, -0.2) is 0 Å². The minimum atomic E-state index is -0.0410. The van der Waals surface area contributed by atoms with Crippen LogP contribution in [0, 0.1) is 19.3 Å². The summed E-state index contributed by atoms with van der Waals surface area (Å²) < 4.78 is 0. The Hall–Kier alpha value is -1.51. The van der Waals surface area contributed by atoms with Crippen molar-refractivity contribution >= 4 is 11.6 Å². The van der Waals surface area contributed by atoms with Crippen LogP contribution in [-0.2, 0) is 0 Å². The van der Waals surface area contributed by atoms with Crippen LogP contribution in [0.2, 0.25) is 0 Å². The first-order valence-corrected chi connectivity index (χ1v) is 6.42. The van der Waals surface area contributed by atoms with Gasteiger partial charge in [0, 0.05) is 17.8 Å². The van der Waals surface area contributed by atoms with Gasteiger partial charge in [-0.1, -0.05) is 26.8 Å². The molecule has 3 nitrogen and oxygen atoms in total. The number of anilines is 1.